The molecule has 1 heterocycles. The summed E-state index contributed by atoms with van der Waals surface area (Å²) < 4.78 is 4.80. The van der Waals surface area contributed by atoms with Gasteiger partial charge < -0.3 is 14.9 Å². The fourth-order valence-corrected chi connectivity index (χ4v) is 1.37. The summed E-state index contributed by atoms with van der Waals surface area (Å²) in [6.45, 7) is 1.92. The molecule has 6 nitrogen and oxygen atoms in total. The molecular formula is C12H14N2O4. The standard InChI is InChI=1S/C12H14N2O4/c1-2-18-12(17)9-5-8(6-14-7-9)11(16)10(15)3-4-13/h5-7,10-11,15-16H,2-3H2,1H3. The summed E-state index contributed by atoms with van der Waals surface area (Å²) in [7, 11) is 0. The van der Waals surface area contributed by atoms with Gasteiger partial charge in [0.1, 0.15) is 6.10 Å². The second kappa shape index (κ2) is 6.69. The Morgan fingerprint density at radius 1 is 1.56 bits per heavy atom. The minimum Gasteiger partial charge on any atom is -0.462 e. The number of carbonyl (C=O) groups excluding carboxylic acids is 1. The highest BCUT2D eigenvalue weighted by atomic mass is 16.5. The maximum atomic E-state index is 11.5. The molecule has 0 radical (unpaired) electrons. The molecule has 0 aliphatic rings. The van der Waals surface area contributed by atoms with Crippen molar-refractivity contribution in [2.24, 2.45) is 0 Å². The largest absolute Gasteiger partial charge is 0.462 e. The van der Waals surface area contributed by atoms with Crippen molar-refractivity contribution in [3.63, 3.8) is 0 Å². The molecule has 2 unspecified atom stereocenters. The van der Waals surface area contributed by atoms with Gasteiger partial charge in [-0.2, -0.15) is 5.26 Å². The number of esters is 1. The number of carbonyl (C=O) groups is 1. The maximum absolute atomic E-state index is 11.5. The lowest BCUT2D eigenvalue weighted by atomic mass is 10.0. The molecule has 6 heteroatoms. The Kier molecular flexibility index (Phi) is 5.24. The smallest absolute Gasteiger partial charge is 0.339 e. The van der Waals surface area contributed by atoms with E-state index >= 15 is 0 Å². The Balaban J connectivity index is 2.88. The van der Waals surface area contributed by atoms with Crippen molar-refractivity contribution in [3.8, 4) is 6.07 Å². The number of ether oxygens (including phenoxy) is 1. The molecule has 0 spiro atoms. The predicted octanol–water partition coefficient (Wildman–Crippen LogP) is 0.566. The van der Waals surface area contributed by atoms with Crippen molar-refractivity contribution >= 4 is 5.97 Å². The van der Waals surface area contributed by atoms with Crippen LogP contribution in [0.1, 0.15) is 35.4 Å². The van der Waals surface area contributed by atoms with Gasteiger partial charge in [-0.25, -0.2) is 4.79 Å². The molecule has 1 aromatic rings. The summed E-state index contributed by atoms with van der Waals surface area (Å²) in [5.74, 6) is -0.547. The molecular weight excluding hydrogens is 236 g/mol. The van der Waals surface area contributed by atoms with E-state index in [1.165, 1.54) is 18.5 Å². The number of rotatable bonds is 5. The molecule has 0 amide bonds. The third-order valence-corrected chi connectivity index (χ3v) is 2.28. The monoisotopic (exact) mass is 250 g/mol. The van der Waals surface area contributed by atoms with Gasteiger partial charge in [0.25, 0.3) is 0 Å². The van der Waals surface area contributed by atoms with Crippen LogP contribution in [0.5, 0.6) is 0 Å². The number of aliphatic hydroxyl groups excluding tert-OH is 2. The summed E-state index contributed by atoms with van der Waals surface area (Å²) in [5, 5.41) is 27.7. The topological polar surface area (TPSA) is 103 Å². The van der Waals surface area contributed by atoms with Crippen molar-refractivity contribution in [1.82, 2.24) is 4.98 Å². The number of aliphatic hydroxyl groups is 2. The van der Waals surface area contributed by atoms with Gasteiger partial charge in [-0.1, -0.05) is 0 Å². The van der Waals surface area contributed by atoms with E-state index in [1.807, 2.05) is 0 Å². The fraction of sp³-hybridized carbons (Fsp3) is 0.417. The van der Waals surface area contributed by atoms with E-state index in [4.69, 9.17) is 10.00 Å². The van der Waals surface area contributed by atoms with E-state index in [9.17, 15) is 15.0 Å². The molecule has 2 atom stereocenters. The highest BCUT2D eigenvalue weighted by Gasteiger charge is 2.19. The van der Waals surface area contributed by atoms with Crippen LogP contribution < -0.4 is 0 Å². The van der Waals surface area contributed by atoms with Gasteiger partial charge in [0.05, 0.1) is 30.8 Å². The van der Waals surface area contributed by atoms with Crippen LogP contribution in [0.15, 0.2) is 18.5 Å². The molecule has 0 aliphatic heterocycles. The molecule has 1 rings (SSSR count). The Morgan fingerprint density at radius 2 is 2.28 bits per heavy atom. The van der Waals surface area contributed by atoms with Crippen molar-refractivity contribution in [1.29, 1.82) is 5.26 Å². The lowest BCUT2D eigenvalue weighted by Crippen LogP contribution is -2.18. The first-order chi connectivity index (χ1) is 8.60. The minimum absolute atomic E-state index is 0.192. The third kappa shape index (κ3) is 3.52. The van der Waals surface area contributed by atoms with E-state index in [2.05, 4.69) is 4.98 Å². The molecule has 0 fully saturated rings. The van der Waals surface area contributed by atoms with E-state index in [0.29, 0.717) is 0 Å². The zero-order valence-electron chi connectivity index (χ0n) is 9.91. The predicted molar refractivity (Wildman–Crippen MR) is 61.4 cm³/mol. The Labute approximate surface area is 104 Å². The van der Waals surface area contributed by atoms with Crippen molar-refractivity contribution in [2.75, 3.05) is 6.61 Å². The van der Waals surface area contributed by atoms with Gasteiger partial charge in [0.15, 0.2) is 0 Å². The zero-order chi connectivity index (χ0) is 13.5. The summed E-state index contributed by atoms with van der Waals surface area (Å²) >= 11 is 0. The van der Waals surface area contributed by atoms with Crippen molar-refractivity contribution in [2.45, 2.75) is 25.6 Å². The van der Waals surface area contributed by atoms with Crippen LogP contribution in [0, 0.1) is 11.3 Å². The first kappa shape index (κ1) is 14.1. The first-order valence-electron chi connectivity index (χ1n) is 5.45. The molecule has 18 heavy (non-hydrogen) atoms. The van der Waals surface area contributed by atoms with E-state index in [-0.39, 0.29) is 24.2 Å². The van der Waals surface area contributed by atoms with E-state index in [0.717, 1.165) is 0 Å². The van der Waals surface area contributed by atoms with Crippen LogP contribution in [0.25, 0.3) is 0 Å². The molecule has 0 saturated heterocycles. The van der Waals surface area contributed by atoms with Crippen LogP contribution in [-0.4, -0.2) is 33.9 Å². The third-order valence-electron chi connectivity index (χ3n) is 2.28. The Bertz CT molecular complexity index is 456. The fourth-order valence-electron chi connectivity index (χ4n) is 1.37. The van der Waals surface area contributed by atoms with Gasteiger partial charge >= 0.3 is 5.97 Å². The Morgan fingerprint density at radius 3 is 2.89 bits per heavy atom. The maximum Gasteiger partial charge on any atom is 0.339 e. The average Bonchev–Trinajstić information content (AvgIpc) is 2.38. The number of nitrogens with zero attached hydrogens (tertiary/aromatic N) is 2. The van der Waals surface area contributed by atoms with Crippen LogP contribution in [-0.2, 0) is 4.74 Å². The van der Waals surface area contributed by atoms with Crippen LogP contribution in [0.4, 0.5) is 0 Å². The SMILES string of the molecule is CCOC(=O)c1cncc(C(O)C(O)CC#N)c1. The minimum atomic E-state index is -1.26. The number of nitriles is 1. The molecule has 0 saturated carbocycles. The average molecular weight is 250 g/mol. The lowest BCUT2D eigenvalue weighted by Gasteiger charge is -2.15. The highest BCUT2D eigenvalue weighted by Crippen LogP contribution is 2.19. The quantitative estimate of drug-likeness (QED) is 0.740. The molecule has 2 N–H and O–H groups in total. The number of hydrogen-bond acceptors (Lipinski definition) is 6. The second-order valence-electron chi connectivity index (χ2n) is 3.60. The van der Waals surface area contributed by atoms with Crippen LogP contribution >= 0.6 is 0 Å². The number of aromatic nitrogens is 1. The second-order valence-corrected chi connectivity index (χ2v) is 3.60. The summed E-state index contributed by atoms with van der Waals surface area (Å²) in [6.07, 6.45) is -0.0373. The normalized spacial score (nSPS) is 13.4. The van der Waals surface area contributed by atoms with Crippen LogP contribution in [0.3, 0.4) is 0 Å². The molecule has 96 valence electrons. The van der Waals surface area contributed by atoms with Gasteiger partial charge in [-0.05, 0) is 13.0 Å². The molecule has 0 aliphatic carbocycles. The van der Waals surface area contributed by atoms with E-state index in [1.54, 1.807) is 13.0 Å². The summed E-state index contributed by atoms with van der Waals surface area (Å²) in [5.41, 5.74) is 0.459. The summed E-state index contributed by atoms with van der Waals surface area (Å²) in [4.78, 5) is 15.3. The van der Waals surface area contributed by atoms with E-state index < -0.39 is 18.2 Å². The first-order valence-corrected chi connectivity index (χ1v) is 5.45. The van der Waals surface area contributed by atoms with Gasteiger partial charge in [0.2, 0.25) is 0 Å². The van der Waals surface area contributed by atoms with Gasteiger partial charge in [0, 0.05) is 18.0 Å². The zero-order valence-corrected chi connectivity index (χ0v) is 9.91. The highest BCUT2D eigenvalue weighted by molar-refractivity contribution is 5.89. The van der Waals surface area contributed by atoms with Crippen LogP contribution in [0.2, 0.25) is 0 Å². The summed E-state index contributed by atoms with van der Waals surface area (Å²) in [6, 6.07) is 3.14. The molecule has 0 aromatic carbocycles. The van der Waals surface area contributed by atoms with Gasteiger partial charge in [-0.3, -0.25) is 4.98 Å². The molecule has 1 aromatic heterocycles. The number of hydrogen-bond donors (Lipinski definition) is 2. The van der Waals surface area contributed by atoms with Crippen molar-refractivity contribution in [3.05, 3.63) is 29.6 Å². The van der Waals surface area contributed by atoms with Gasteiger partial charge in [-0.15, -0.1) is 0 Å². The molecule has 0 bridgehead atoms. The Hall–Kier alpha value is -1.97. The van der Waals surface area contributed by atoms with Crippen molar-refractivity contribution < 1.29 is 19.7 Å². The number of pyridine rings is 1. The lowest BCUT2D eigenvalue weighted by molar-refractivity contribution is 0.0212.